The van der Waals surface area contributed by atoms with Gasteiger partial charge < -0.3 is 0 Å². The maximum atomic E-state index is 11.2. The van der Waals surface area contributed by atoms with Crippen LogP contribution in [0.2, 0.25) is 0 Å². The summed E-state index contributed by atoms with van der Waals surface area (Å²) < 4.78 is 2.01. The van der Waals surface area contributed by atoms with Crippen LogP contribution in [0.25, 0.3) is 10.6 Å². The molecule has 2 heterocycles. The average Bonchev–Trinajstić information content (AvgIpc) is 3.07. The van der Waals surface area contributed by atoms with E-state index >= 15 is 0 Å². The molecule has 0 atom stereocenters. The minimum atomic E-state index is 0.484. The van der Waals surface area contributed by atoms with Crippen LogP contribution >= 0.6 is 11.3 Å². The Morgan fingerprint density at radius 3 is 2.83 bits per heavy atom. The fraction of sp³-hybridized carbons (Fsp3) is 0.429. The molecule has 0 bridgehead atoms. The summed E-state index contributed by atoms with van der Waals surface area (Å²) in [4.78, 5) is 12.3. The molecule has 0 unspecified atom stereocenters. The summed E-state index contributed by atoms with van der Waals surface area (Å²) in [5.41, 5.74) is 2.76. The van der Waals surface area contributed by atoms with Gasteiger partial charge in [-0.2, -0.15) is 5.10 Å². The lowest BCUT2D eigenvalue weighted by atomic mass is 10.2. The van der Waals surface area contributed by atoms with Crippen molar-refractivity contribution in [1.29, 1.82) is 0 Å². The van der Waals surface area contributed by atoms with Gasteiger partial charge in [0.2, 0.25) is 0 Å². The molecule has 1 fully saturated rings. The van der Waals surface area contributed by atoms with Gasteiger partial charge in [0.25, 0.3) is 0 Å². The molecule has 2 aromatic heterocycles. The van der Waals surface area contributed by atoms with Crippen molar-refractivity contribution in [3.63, 3.8) is 0 Å². The van der Waals surface area contributed by atoms with E-state index in [0.717, 1.165) is 16.9 Å². The molecule has 0 N–H and O–H groups in total. The summed E-state index contributed by atoms with van der Waals surface area (Å²) in [5, 5.41) is 6.71. The standard InChI is InChI=1S/C14H16N2OS/c1-10-6-7-18-14(10)13-11(9-17)8-16(15-13)12-4-2-3-5-12/h6-9,12H,2-5H2,1H3. The van der Waals surface area contributed by atoms with E-state index in [1.807, 2.05) is 16.3 Å². The average molecular weight is 260 g/mol. The molecule has 94 valence electrons. The third-order valence-electron chi connectivity index (χ3n) is 3.66. The van der Waals surface area contributed by atoms with Gasteiger partial charge in [-0.1, -0.05) is 12.8 Å². The molecule has 1 aliphatic rings. The fourth-order valence-electron chi connectivity index (χ4n) is 2.64. The second-order valence-corrected chi connectivity index (χ2v) is 5.82. The molecule has 3 rings (SSSR count). The van der Waals surface area contributed by atoms with Crippen LogP contribution in [0, 0.1) is 6.92 Å². The summed E-state index contributed by atoms with van der Waals surface area (Å²) in [6, 6.07) is 2.56. The van der Waals surface area contributed by atoms with Crippen LogP contribution in [0.15, 0.2) is 17.6 Å². The quantitative estimate of drug-likeness (QED) is 0.786. The Hall–Kier alpha value is -1.42. The molecule has 2 aromatic rings. The third-order valence-corrected chi connectivity index (χ3v) is 4.69. The van der Waals surface area contributed by atoms with E-state index in [2.05, 4.69) is 18.1 Å². The van der Waals surface area contributed by atoms with Gasteiger partial charge in [-0.25, -0.2) is 0 Å². The second-order valence-electron chi connectivity index (χ2n) is 4.90. The molecular weight excluding hydrogens is 244 g/mol. The van der Waals surface area contributed by atoms with E-state index in [1.54, 1.807) is 11.3 Å². The molecular formula is C14H16N2OS. The lowest BCUT2D eigenvalue weighted by Gasteiger charge is -2.08. The number of nitrogens with zero attached hydrogens (tertiary/aromatic N) is 2. The first kappa shape index (κ1) is 11.7. The maximum absolute atomic E-state index is 11.2. The molecule has 1 saturated carbocycles. The van der Waals surface area contributed by atoms with Crippen LogP contribution in [0.4, 0.5) is 0 Å². The number of hydrogen-bond donors (Lipinski definition) is 0. The number of carbonyl (C=O) groups excluding carboxylic acids is 1. The lowest BCUT2D eigenvalue weighted by Crippen LogP contribution is -2.04. The van der Waals surface area contributed by atoms with Crippen molar-refractivity contribution in [2.24, 2.45) is 0 Å². The van der Waals surface area contributed by atoms with E-state index in [1.165, 1.54) is 31.2 Å². The van der Waals surface area contributed by atoms with E-state index in [-0.39, 0.29) is 0 Å². The minimum Gasteiger partial charge on any atom is -0.298 e. The van der Waals surface area contributed by atoms with Crippen LogP contribution in [-0.4, -0.2) is 16.1 Å². The van der Waals surface area contributed by atoms with Gasteiger partial charge in [0, 0.05) is 6.20 Å². The van der Waals surface area contributed by atoms with Gasteiger partial charge >= 0.3 is 0 Å². The molecule has 0 aliphatic heterocycles. The van der Waals surface area contributed by atoms with Crippen molar-refractivity contribution in [3.05, 3.63) is 28.8 Å². The van der Waals surface area contributed by atoms with Gasteiger partial charge in [0.05, 0.1) is 16.5 Å². The second kappa shape index (κ2) is 4.69. The van der Waals surface area contributed by atoms with Gasteiger partial charge in [-0.3, -0.25) is 9.48 Å². The minimum absolute atomic E-state index is 0.484. The highest BCUT2D eigenvalue weighted by Crippen LogP contribution is 2.33. The zero-order valence-corrected chi connectivity index (χ0v) is 11.2. The Balaban J connectivity index is 2.03. The van der Waals surface area contributed by atoms with Crippen molar-refractivity contribution in [2.45, 2.75) is 38.6 Å². The number of aryl methyl sites for hydroxylation is 1. The van der Waals surface area contributed by atoms with Gasteiger partial charge in [0.15, 0.2) is 6.29 Å². The SMILES string of the molecule is Cc1ccsc1-c1nn(C2CCCC2)cc1C=O. The first-order chi connectivity index (χ1) is 8.79. The Bertz CT molecular complexity index is 564. The predicted molar refractivity (Wildman–Crippen MR) is 73.2 cm³/mol. The molecule has 3 nitrogen and oxygen atoms in total. The maximum Gasteiger partial charge on any atom is 0.153 e. The summed E-state index contributed by atoms with van der Waals surface area (Å²) in [7, 11) is 0. The Labute approximate surface area is 110 Å². The van der Waals surface area contributed by atoms with Crippen molar-refractivity contribution < 1.29 is 4.79 Å². The van der Waals surface area contributed by atoms with Gasteiger partial charge in [-0.15, -0.1) is 11.3 Å². The number of aromatic nitrogens is 2. The van der Waals surface area contributed by atoms with E-state index in [0.29, 0.717) is 11.6 Å². The molecule has 4 heteroatoms. The van der Waals surface area contributed by atoms with Gasteiger partial charge in [-0.05, 0) is 36.8 Å². The molecule has 0 spiro atoms. The van der Waals surface area contributed by atoms with Crippen molar-refractivity contribution in [1.82, 2.24) is 9.78 Å². The Kier molecular flexibility index (Phi) is 3.04. The number of carbonyl (C=O) groups is 1. The monoisotopic (exact) mass is 260 g/mol. The lowest BCUT2D eigenvalue weighted by molar-refractivity contribution is 0.112. The predicted octanol–water partition coefficient (Wildman–Crippen LogP) is 3.85. The number of aldehydes is 1. The fourth-order valence-corrected chi connectivity index (χ4v) is 3.57. The van der Waals surface area contributed by atoms with E-state index in [9.17, 15) is 4.79 Å². The van der Waals surface area contributed by atoms with E-state index in [4.69, 9.17) is 0 Å². The molecule has 18 heavy (non-hydrogen) atoms. The normalized spacial score (nSPS) is 16.3. The molecule has 0 saturated heterocycles. The largest absolute Gasteiger partial charge is 0.298 e. The van der Waals surface area contributed by atoms with Crippen molar-refractivity contribution in [3.8, 4) is 10.6 Å². The number of rotatable bonds is 3. The highest BCUT2D eigenvalue weighted by atomic mass is 32.1. The number of thiophene rings is 1. The molecule has 1 aliphatic carbocycles. The van der Waals surface area contributed by atoms with Crippen molar-refractivity contribution >= 4 is 17.6 Å². The molecule has 0 amide bonds. The Morgan fingerprint density at radius 2 is 2.22 bits per heavy atom. The molecule has 0 radical (unpaired) electrons. The topological polar surface area (TPSA) is 34.9 Å². The smallest absolute Gasteiger partial charge is 0.153 e. The van der Waals surface area contributed by atoms with Crippen LogP contribution in [0.1, 0.15) is 47.6 Å². The summed E-state index contributed by atoms with van der Waals surface area (Å²) in [6.07, 6.45) is 7.75. The van der Waals surface area contributed by atoms with E-state index < -0.39 is 0 Å². The Morgan fingerprint density at radius 1 is 1.44 bits per heavy atom. The third kappa shape index (κ3) is 1.90. The van der Waals surface area contributed by atoms with Crippen molar-refractivity contribution in [2.75, 3.05) is 0 Å². The highest BCUT2D eigenvalue weighted by Gasteiger charge is 2.21. The zero-order chi connectivity index (χ0) is 12.5. The highest BCUT2D eigenvalue weighted by molar-refractivity contribution is 7.13. The first-order valence-corrected chi connectivity index (χ1v) is 7.26. The zero-order valence-electron chi connectivity index (χ0n) is 10.4. The van der Waals surface area contributed by atoms with Gasteiger partial charge in [0.1, 0.15) is 5.69 Å². The number of hydrogen-bond acceptors (Lipinski definition) is 3. The van der Waals surface area contributed by atoms with Crippen LogP contribution in [0.3, 0.4) is 0 Å². The summed E-state index contributed by atoms with van der Waals surface area (Å²) in [6.45, 7) is 2.06. The molecule has 0 aromatic carbocycles. The van der Waals surface area contributed by atoms with Crippen LogP contribution in [0.5, 0.6) is 0 Å². The summed E-state index contributed by atoms with van der Waals surface area (Å²) >= 11 is 1.65. The van der Waals surface area contributed by atoms with Crippen LogP contribution < -0.4 is 0 Å². The van der Waals surface area contributed by atoms with Crippen LogP contribution in [-0.2, 0) is 0 Å². The first-order valence-electron chi connectivity index (χ1n) is 6.38. The summed E-state index contributed by atoms with van der Waals surface area (Å²) in [5.74, 6) is 0.